The van der Waals surface area contributed by atoms with E-state index in [1.807, 2.05) is 6.07 Å². The van der Waals surface area contributed by atoms with Gasteiger partial charge in [-0.3, -0.25) is 4.79 Å². The van der Waals surface area contributed by atoms with Crippen molar-refractivity contribution in [1.29, 1.82) is 0 Å². The Balaban J connectivity index is 2.68. The molecule has 2 aromatic heterocycles. The second-order valence-electron chi connectivity index (χ2n) is 2.45. The van der Waals surface area contributed by atoms with Crippen molar-refractivity contribution in [2.45, 2.75) is 0 Å². The number of hydrogen-bond acceptors (Lipinski definition) is 3. The third kappa shape index (κ3) is 1.40. The lowest BCUT2D eigenvalue weighted by Crippen LogP contribution is -2.12. The van der Waals surface area contributed by atoms with Gasteiger partial charge in [0.05, 0.1) is 0 Å². The van der Waals surface area contributed by atoms with Crippen molar-refractivity contribution in [3.8, 4) is 0 Å². The maximum absolute atomic E-state index is 10.7. The molecule has 0 aliphatic carbocycles. The molecule has 1 amide bonds. The minimum Gasteiger partial charge on any atom is -0.363 e. The summed E-state index contributed by atoms with van der Waals surface area (Å²) in [5, 5.41) is 3.87. The number of aromatic nitrogens is 3. The number of pyridine rings is 1. The van der Waals surface area contributed by atoms with Gasteiger partial charge in [0.25, 0.3) is 5.91 Å². The molecule has 0 atom stereocenters. The van der Waals surface area contributed by atoms with E-state index in [4.69, 9.17) is 5.73 Å². The first kappa shape index (κ1) is 8.18. The van der Waals surface area contributed by atoms with Crippen molar-refractivity contribution in [2.75, 3.05) is 0 Å². The Morgan fingerprint density at radius 1 is 1.54 bits per heavy atom. The summed E-state index contributed by atoms with van der Waals surface area (Å²) in [5.74, 6) is -0.599. The molecule has 2 heterocycles. The maximum atomic E-state index is 10.7. The molecule has 6 heteroatoms. The summed E-state index contributed by atoms with van der Waals surface area (Å²) in [6.07, 6.45) is 1.70. The second kappa shape index (κ2) is 2.81. The molecule has 2 N–H and O–H groups in total. The zero-order valence-electron chi connectivity index (χ0n) is 6.44. The SMILES string of the molecule is NC(=O)c1nc2ccc(Br)cn2n1. The first-order chi connectivity index (χ1) is 6.16. The van der Waals surface area contributed by atoms with Crippen molar-refractivity contribution < 1.29 is 4.79 Å². The van der Waals surface area contributed by atoms with Crippen LogP contribution in [0.3, 0.4) is 0 Å². The molecule has 0 bridgehead atoms. The summed E-state index contributed by atoms with van der Waals surface area (Å²) >= 11 is 3.27. The number of fused-ring (bicyclic) bond motifs is 1. The molecule has 66 valence electrons. The first-order valence-electron chi connectivity index (χ1n) is 3.48. The van der Waals surface area contributed by atoms with E-state index in [9.17, 15) is 4.79 Å². The summed E-state index contributed by atoms with van der Waals surface area (Å²) in [6, 6.07) is 3.55. The fourth-order valence-electron chi connectivity index (χ4n) is 0.962. The van der Waals surface area contributed by atoms with Crippen LogP contribution >= 0.6 is 15.9 Å². The van der Waals surface area contributed by atoms with Crippen LogP contribution in [0.25, 0.3) is 5.65 Å². The number of nitrogens with zero attached hydrogens (tertiary/aromatic N) is 3. The van der Waals surface area contributed by atoms with E-state index < -0.39 is 5.91 Å². The van der Waals surface area contributed by atoms with Crippen LogP contribution in [-0.4, -0.2) is 20.5 Å². The minimum absolute atomic E-state index is 0.0260. The second-order valence-corrected chi connectivity index (χ2v) is 3.37. The normalized spacial score (nSPS) is 10.5. The molecular formula is C7H5BrN4O. The van der Waals surface area contributed by atoms with Crippen LogP contribution in [-0.2, 0) is 0 Å². The van der Waals surface area contributed by atoms with Gasteiger partial charge < -0.3 is 5.73 Å². The van der Waals surface area contributed by atoms with Gasteiger partial charge in [0.1, 0.15) is 0 Å². The highest BCUT2D eigenvalue weighted by Crippen LogP contribution is 2.10. The fraction of sp³-hybridized carbons (Fsp3) is 0. The van der Waals surface area contributed by atoms with Gasteiger partial charge in [0.15, 0.2) is 5.65 Å². The number of nitrogens with two attached hydrogens (primary N) is 1. The van der Waals surface area contributed by atoms with Gasteiger partial charge in [-0.1, -0.05) is 0 Å². The van der Waals surface area contributed by atoms with E-state index in [0.29, 0.717) is 5.65 Å². The third-order valence-electron chi connectivity index (χ3n) is 1.52. The van der Waals surface area contributed by atoms with E-state index >= 15 is 0 Å². The highest BCUT2D eigenvalue weighted by atomic mass is 79.9. The Hall–Kier alpha value is -1.43. The number of halogens is 1. The third-order valence-corrected chi connectivity index (χ3v) is 1.98. The molecule has 5 nitrogen and oxygen atoms in total. The number of rotatable bonds is 1. The summed E-state index contributed by atoms with van der Waals surface area (Å²) in [7, 11) is 0. The van der Waals surface area contributed by atoms with Crippen LogP contribution < -0.4 is 5.73 Å². The molecule has 0 aliphatic heterocycles. The number of hydrogen-bond donors (Lipinski definition) is 1. The van der Waals surface area contributed by atoms with E-state index in [1.54, 1.807) is 12.3 Å². The summed E-state index contributed by atoms with van der Waals surface area (Å²) in [4.78, 5) is 14.6. The fourth-order valence-corrected chi connectivity index (χ4v) is 1.29. The molecule has 0 fully saturated rings. The van der Waals surface area contributed by atoms with E-state index in [0.717, 1.165) is 4.47 Å². The van der Waals surface area contributed by atoms with Gasteiger partial charge in [0, 0.05) is 10.7 Å². The van der Waals surface area contributed by atoms with Crippen molar-refractivity contribution in [2.24, 2.45) is 5.73 Å². The quantitative estimate of drug-likeness (QED) is 0.793. The van der Waals surface area contributed by atoms with Gasteiger partial charge in [-0.15, -0.1) is 5.10 Å². The Morgan fingerprint density at radius 3 is 3.00 bits per heavy atom. The average Bonchev–Trinajstić information content (AvgIpc) is 2.46. The molecule has 0 saturated carbocycles. The molecule has 2 rings (SSSR count). The monoisotopic (exact) mass is 240 g/mol. The van der Waals surface area contributed by atoms with Crippen molar-refractivity contribution in [3.63, 3.8) is 0 Å². The lowest BCUT2D eigenvalue weighted by Gasteiger charge is -1.89. The number of amides is 1. The van der Waals surface area contributed by atoms with Gasteiger partial charge in [0.2, 0.25) is 5.82 Å². The molecular weight excluding hydrogens is 236 g/mol. The largest absolute Gasteiger partial charge is 0.363 e. The average molecular weight is 241 g/mol. The smallest absolute Gasteiger partial charge is 0.288 e. The zero-order chi connectivity index (χ0) is 9.42. The molecule has 0 aliphatic rings. The molecule has 13 heavy (non-hydrogen) atoms. The predicted octanol–water partition coefficient (Wildman–Crippen LogP) is 0.591. The predicted molar refractivity (Wildman–Crippen MR) is 49.2 cm³/mol. The molecule has 0 saturated heterocycles. The number of carbonyl (C=O) groups excluding carboxylic acids is 1. The Kier molecular flexibility index (Phi) is 1.77. The molecule has 0 aromatic carbocycles. The van der Waals surface area contributed by atoms with Crippen LogP contribution in [0.15, 0.2) is 22.8 Å². The summed E-state index contributed by atoms with van der Waals surface area (Å²) < 4.78 is 2.35. The lowest BCUT2D eigenvalue weighted by atomic mass is 10.5. The molecule has 0 radical (unpaired) electrons. The van der Waals surface area contributed by atoms with E-state index in [1.165, 1.54) is 4.52 Å². The topological polar surface area (TPSA) is 73.3 Å². The Bertz CT molecular complexity index is 478. The lowest BCUT2D eigenvalue weighted by molar-refractivity contribution is 0.0990. The van der Waals surface area contributed by atoms with E-state index in [2.05, 4.69) is 26.0 Å². The van der Waals surface area contributed by atoms with Crippen LogP contribution in [0.5, 0.6) is 0 Å². The van der Waals surface area contributed by atoms with Gasteiger partial charge in [-0.2, -0.15) is 0 Å². The standard InChI is InChI=1S/C7H5BrN4O/c8-4-1-2-5-10-7(6(9)13)11-12(5)3-4/h1-3H,(H2,9,13). The minimum atomic E-state index is -0.625. The highest BCUT2D eigenvalue weighted by molar-refractivity contribution is 9.10. The summed E-state index contributed by atoms with van der Waals surface area (Å²) in [6.45, 7) is 0. The van der Waals surface area contributed by atoms with Crippen LogP contribution in [0, 0.1) is 0 Å². The Morgan fingerprint density at radius 2 is 2.31 bits per heavy atom. The maximum Gasteiger partial charge on any atom is 0.288 e. The van der Waals surface area contributed by atoms with Crippen molar-refractivity contribution in [3.05, 3.63) is 28.6 Å². The molecule has 0 spiro atoms. The summed E-state index contributed by atoms with van der Waals surface area (Å²) in [5.41, 5.74) is 5.62. The number of carbonyl (C=O) groups is 1. The van der Waals surface area contributed by atoms with Gasteiger partial charge >= 0.3 is 0 Å². The van der Waals surface area contributed by atoms with Gasteiger partial charge in [-0.05, 0) is 28.1 Å². The van der Waals surface area contributed by atoms with E-state index in [-0.39, 0.29) is 5.82 Å². The molecule has 0 unspecified atom stereocenters. The van der Waals surface area contributed by atoms with Crippen molar-refractivity contribution >= 4 is 27.5 Å². The zero-order valence-corrected chi connectivity index (χ0v) is 8.02. The first-order valence-corrected chi connectivity index (χ1v) is 4.28. The van der Waals surface area contributed by atoms with Crippen LogP contribution in [0.1, 0.15) is 10.6 Å². The Labute approximate surface area is 81.7 Å². The van der Waals surface area contributed by atoms with Crippen molar-refractivity contribution in [1.82, 2.24) is 14.6 Å². The van der Waals surface area contributed by atoms with Crippen LogP contribution in [0.4, 0.5) is 0 Å². The highest BCUT2D eigenvalue weighted by Gasteiger charge is 2.07. The number of primary amides is 1. The van der Waals surface area contributed by atoms with Crippen LogP contribution in [0.2, 0.25) is 0 Å². The molecule has 2 aromatic rings. The van der Waals surface area contributed by atoms with Gasteiger partial charge in [-0.25, -0.2) is 9.50 Å².